The lowest BCUT2D eigenvalue weighted by Gasteiger charge is -2.08. The first-order chi connectivity index (χ1) is 13.7. The van der Waals surface area contributed by atoms with Crippen LogP contribution in [0.3, 0.4) is 0 Å². The average Bonchev–Trinajstić information content (AvgIpc) is 2.63. The Morgan fingerprint density at radius 2 is 0.931 bits per heavy atom. The van der Waals surface area contributed by atoms with Gasteiger partial charge in [-0.3, -0.25) is 9.59 Å². The molecule has 0 fully saturated rings. The minimum atomic E-state index is -0.743. The number of benzene rings is 2. The fourth-order valence-corrected chi connectivity index (χ4v) is 2.05. The van der Waals surface area contributed by atoms with Gasteiger partial charge in [-0.05, 0) is 0 Å². The third-order valence-electron chi connectivity index (χ3n) is 3.45. The van der Waals surface area contributed by atoms with Crippen molar-refractivity contribution in [3.8, 4) is 46.0 Å². The summed E-state index contributed by atoms with van der Waals surface area (Å²) in [5.74, 6) is -5.93. The van der Waals surface area contributed by atoms with Crippen LogP contribution in [0.15, 0.2) is 24.3 Å². The predicted octanol–water partition coefficient (Wildman–Crippen LogP) is 1.23. The Hall–Kier alpha value is -3.86. The monoisotopic (exact) mass is 410 g/mol. The van der Waals surface area contributed by atoms with Crippen molar-refractivity contribution in [2.45, 2.75) is 12.8 Å². The summed E-state index contributed by atoms with van der Waals surface area (Å²) >= 11 is 0. The van der Waals surface area contributed by atoms with Crippen LogP contribution < -0.4 is 9.47 Å². The quantitative estimate of drug-likeness (QED) is 0.159. The molecule has 0 atom stereocenters. The zero-order valence-electron chi connectivity index (χ0n) is 14.9. The first-order valence-corrected chi connectivity index (χ1v) is 8.16. The molecule has 156 valence electrons. The second kappa shape index (κ2) is 9.37. The number of hydrogen-bond donors (Lipinski definition) is 6. The summed E-state index contributed by atoms with van der Waals surface area (Å²) in [7, 11) is 0. The lowest BCUT2D eigenvalue weighted by atomic mass is 10.3. The van der Waals surface area contributed by atoms with Crippen LogP contribution in [0.4, 0.5) is 0 Å². The number of phenols is 6. The third-order valence-corrected chi connectivity index (χ3v) is 3.45. The molecule has 2 rings (SSSR count). The molecule has 0 aliphatic rings. The molecule has 0 bridgehead atoms. The molecule has 2 aromatic rings. The molecule has 0 aromatic heterocycles. The second-order valence-electron chi connectivity index (χ2n) is 5.68. The molecule has 2 aromatic carbocycles. The highest BCUT2D eigenvalue weighted by atomic mass is 16.5. The van der Waals surface area contributed by atoms with Gasteiger partial charge in [0.05, 0.1) is 26.1 Å². The summed E-state index contributed by atoms with van der Waals surface area (Å²) < 4.78 is 14.8. The molecule has 0 heterocycles. The van der Waals surface area contributed by atoms with E-state index >= 15 is 0 Å². The van der Waals surface area contributed by atoms with E-state index in [-0.39, 0.29) is 37.6 Å². The van der Waals surface area contributed by atoms with Gasteiger partial charge in [-0.1, -0.05) is 0 Å². The smallest absolute Gasteiger partial charge is 0.313 e. The molecule has 0 unspecified atom stereocenters. The Morgan fingerprint density at radius 3 is 1.24 bits per heavy atom. The third kappa shape index (κ3) is 6.07. The minimum Gasteiger partial charge on any atom is -0.504 e. The first-order valence-electron chi connectivity index (χ1n) is 8.16. The van der Waals surface area contributed by atoms with E-state index in [1.54, 1.807) is 0 Å². The Labute approximate surface area is 163 Å². The standard InChI is InChI=1S/C18H18O11/c19-11-5-9(6-12(20)17(11)25)28-15(23)1-3-27-4-2-16(24)29-10-7-13(21)18(26)14(22)8-10/h5-8,19-22,25-26H,1-4H2. The van der Waals surface area contributed by atoms with E-state index in [1.807, 2.05) is 0 Å². The summed E-state index contributed by atoms with van der Waals surface area (Å²) in [4.78, 5) is 23.3. The largest absolute Gasteiger partial charge is 0.504 e. The van der Waals surface area contributed by atoms with Crippen molar-refractivity contribution in [1.29, 1.82) is 0 Å². The van der Waals surface area contributed by atoms with Crippen LogP contribution in [-0.4, -0.2) is 55.8 Å². The van der Waals surface area contributed by atoms with Crippen molar-refractivity contribution in [1.82, 2.24) is 0 Å². The predicted molar refractivity (Wildman–Crippen MR) is 94.2 cm³/mol. The maximum absolute atomic E-state index is 11.7. The molecule has 0 saturated heterocycles. The molecule has 0 spiro atoms. The van der Waals surface area contributed by atoms with E-state index in [2.05, 4.69) is 0 Å². The SMILES string of the molecule is O=C(CCOCCC(=O)Oc1cc(O)c(O)c(O)c1)Oc1cc(O)c(O)c(O)c1. The molecule has 29 heavy (non-hydrogen) atoms. The number of phenolic OH excluding ortho intramolecular Hbond substituents is 6. The number of esters is 2. The van der Waals surface area contributed by atoms with E-state index in [0.29, 0.717) is 0 Å². The Morgan fingerprint density at radius 1 is 0.621 bits per heavy atom. The molecule has 11 nitrogen and oxygen atoms in total. The molecule has 6 N–H and O–H groups in total. The van der Waals surface area contributed by atoms with Gasteiger partial charge in [0.1, 0.15) is 11.5 Å². The molecular formula is C18H18O11. The lowest BCUT2D eigenvalue weighted by molar-refractivity contribution is -0.136. The summed E-state index contributed by atoms with van der Waals surface area (Å²) in [6.07, 6.45) is -0.395. The molecular weight excluding hydrogens is 392 g/mol. The molecule has 0 aliphatic heterocycles. The van der Waals surface area contributed by atoms with Gasteiger partial charge in [0, 0.05) is 24.3 Å². The lowest BCUT2D eigenvalue weighted by Crippen LogP contribution is -2.14. The van der Waals surface area contributed by atoms with Crippen LogP contribution in [-0.2, 0) is 14.3 Å². The number of hydrogen-bond acceptors (Lipinski definition) is 11. The van der Waals surface area contributed by atoms with Gasteiger partial charge in [0.2, 0.25) is 11.5 Å². The Balaban J connectivity index is 1.69. The van der Waals surface area contributed by atoms with Crippen LogP contribution >= 0.6 is 0 Å². The zero-order chi connectivity index (χ0) is 21.6. The van der Waals surface area contributed by atoms with Crippen molar-refractivity contribution < 1.29 is 54.4 Å². The van der Waals surface area contributed by atoms with E-state index in [1.165, 1.54) is 0 Å². The van der Waals surface area contributed by atoms with Gasteiger partial charge >= 0.3 is 11.9 Å². The van der Waals surface area contributed by atoms with Crippen molar-refractivity contribution >= 4 is 11.9 Å². The zero-order valence-corrected chi connectivity index (χ0v) is 14.9. The van der Waals surface area contributed by atoms with Crippen LogP contribution in [0.2, 0.25) is 0 Å². The summed E-state index contributed by atoms with van der Waals surface area (Å²) in [6, 6.07) is 3.79. The molecule has 0 saturated carbocycles. The van der Waals surface area contributed by atoms with Crippen molar-refractivity contribution in [2.75, 3.05) is 13.2 Å². The number of aromatic hydroxyl groups is 6. The minimum absolute atomic E-state index is 0.0943. The van der Waals surface area contributed by atoms with E-state index in [9.17, 15) is 40.2 Å². The first kappa shape index (κ1) is 21.4. The van der Waals surface area contributed by atoms with Crippen LogP contribution in [0.1, 0.15) is 12.8 Å². The molecule has 11 heteroatoms. The second-order valence-corrected chi connectivity index (χ2v) is 5.68. The topological polar surface area (TPSA) is 183 Å². The van der Waals surface area contributed by atoms with Gasteiger partial charge in [0.25, 0.3) is 0 Å². The van der Waals surface area contributed by atoms with E-state index < -0.39 is 46.4 Å². The molecule has 0 amide bonds. The fraction of sp³-hybridized carbons (Fsp3) is 0.222. The fourth-order valence-electron chi connectivity index (χ4n) is 2.05. The highest BCUT2D eigenvalue weighted by Gasteiger charge is 2.14. The average molecular weight is 410 g/mol. The van der Waals surface area contributed by atoms with Gasteiger partial charge in [-0.25, -0.2) is 0 Å². The van der Waals surface area contributed by atoms with Crippen LogP contribution in [0.5, 0.6) is 46.0 Å². The summed E-state index contributed by atoms with van der Waals surface area (Å²) in [6.45, 7) is -0.189. The summed E-state index contributed by atoms with van der Waals surface area (Å²) in [5.41, 5.74) is 0. The van der Waals surface area contributed by atoms with Crippen molar-refractivity contribution in [2.24, 2.45) is 0 Å². The highest BCUT2D eigenvalue weighted by Crippen LogP contribution is 2.39. The summed E-state index contributed by atoms with van der Waals surface area (Å²) in [5, 5.41) is 55.7. The Kier molecular flexibility index (Phi) is 6.93. The molecule has 0 aliphatic carbocycles. The van der Waals surface area contributed by atoms with Gasteiger partial charge in [-0.2, -0.15) is 0 Å². The normalized spacial score (nSPS) is 10.5. The Bertz CT molecular complexity index is 787. The maximum Gasteiger partial charge on any atom is 0.313 e. The van der Waals surface area contributed by atoms with Crippen molar-refractivity contribution in [3.05, 3.63) is 24.3 Å². The van der Waals surface area contributed by atoms with E-state index in [0.717, 1.165) is 24.3 Å². The van der Waals surface area contributed by atoms with Gasteiger partial charge in [-0.15, -0.1) is 0 Å². The number of carbonyl (C=O) groups is 2. The van der Waals surface area contributed by atoms with Gasteiger partial charge in [0.15, 0.2) is 23.0 Å². The van der Waals surface area contributed by atoms with Crippen LogP contribution in [0, 0.1) is 0 Å². The number of ether oxygens (including phenoxy) is 3. The number of rotatable bonds is 8. The van der Waals surface area contributed by atoms with Crippen molar-refractivity contribution in [3.63, 3.8) is 0 Å². The highest BCUT2D eigenvalue weighted by molar-refractivity contribution is 5.74. The maximum atomic E-state index is 11.7. The van der Waals surface area contributed by atoms with Gasteiger partial charge < -0.3 is 44.8 Å². The van der Waals surface area contributed by atoms with E-state index in [4.69, 9.17) is 14.2 Å². The number of carbonyl (C=O) groups excluding carboxylic acids is 2. The molecule has 0 radical (unpaired) electrons. The van der Waals surface area contributed by atoms with Crippen LogP contribution in [0.25, 0.3) is 0 Å².